The fourth-order valence-corrected chi connectivity index (χ4v) is 2.24. The van der Waals surface area contributed by atoms with E-state index in [1.807, 2.05) is 17.5 Å². The van der Waals surface area contributed by atoms with Crippen LogP contribution in [0.3, 0.4) is 0 Å². The Morgan fingerprint density at radius 2 is 1.68 bits per heavy atom. The van der Waals surface area contributed by atoms with Crippen molar-refractivity contribution in [2.75, 3.05) is 5.32 Å². The van der Waals surface area contributed by atoms with Gasteiger partial charge in [-0.15, -0.1) is 0 Å². The highest BCUT2D eigenvalue weighted by Crippen LogP contribution is 2.13. The lowest BCUT2D eigenvalue weighted by Gasteiger charge is -2.06. The van der Waals surface area contributed by atoms with E-state index in [2.05, 4.69) is 10.3 Å². The molecule has 0 bridgehead atoms. The van der Waals surface area contributed by atoms with Gasteiger partial charge in [0.2, 0.25) is 0 Å². The third-order valence-electron chi connectivity index (χ3n) is 3.38. The fourth-order valence-electron chi connectivity index (χ4n) is 2.24. The van der Waals surface area contributed by atoms with E-state index >= 15 is 0 Å². The lowest BCUT2D eigenvalue weighted by molar-refractivity contribution is 0.101. The second-order valence-corrected chi connectivity index (χ2v) is 5.15. The number of hydrogen-bond acceptors (Lipinski definition) is 3. The van der Waals surface area contributed by atoms with Gasteiger partial charge in [0.1, 0.15) is 5.65 Å². The van der Waals surface area contributed by atoms with E-state index in [1.165, 1.54) is 6.92 Å². The van der Waals surface area contributed by atoms with E-state index in [9.17, 15) is 9.59 Å². The summed E-state index contributed by atoms with van der Waals surface area (Å²) in [6.45, 7) is 3.42. The first-order valence-corrected chi connectivity index (χ1v) is 6.90. The maximum absolute atomic E-state index is 12.3. The number of aromatic nitrogens is 2. The molecule has 1 N–H and O–H groups in total. The molecule has 0 fully saturated rings. The maximum Gasteiger partial charge on any atom is 0.257 e. The van der Waals surface area contributed by atoms with Crippen molar-refractivity contribution in [3.05, 3.63) is 65.6 Å². The molecule has 110 valence electrons. The van der Waals surface area contributed by atoms with E-state index in [0.717, 1.165) is 11.3 Å². The summed E-state index contributed by atoms with van der Waals surface area (Å²) in [6, 6.07) is 10.4. The molecule has 0 unspecified atom stereocenters. The molecule has 0 aliphatic carbocycles. The molecule has 5 nitrogen and oxygen atoms in total. The molecule has 0 spiro atoms. The minimum Gasteiger partial charge on any atom is -0.322 e. The van der Waals surface area contributed by atoms with Gasteiger partial charge in [-0.05, 0) is 50.2 Å². The van der Waals surface area contributed by atoms with Crippen LogP contribution in [-0.4, -0.2) is 21.1 Å². The van der Waals surface area contributed by atoms with Crippen LogP contribution in [0.4, 0.5) is 5.69 Å². The summed E-state index contributed by atoms with van der Waals surface area (Å²) < 4.78 is 1.82. The van der Waals surface area contributed by atoms with Crippen LogP contribution >= 0.6 is 0 Å². The van der Waals surface area contributed by atoms with Gasteiger partial charge in [0, 0.05) is 23.6 Å². The van der Waals surface area contributed by atoms with Crippen molar-refractivity contribution in [3.8, 4) is 0 Å². The molecule has 22 heavy (non-hydrogen) atoms. The van der Waals surface area contributed by atoms with Crippen LogP contribution in [0.15, 0.2) is 48.8 Å². The molecule has 1 aromatic carbocycles. The van der Waals surface area contributed by atoms with E-state index < -0.39 is 0 Å². The zero-order valence-electron chi connectivity index (χ0n) is 12.3. The van der Waals surface area contributed by atoms with Crippen molar-refractivity contribution in [1.29, 1.82) is 0 Å². The SMILES string of the molecule is CC(=O)c1ccc(NC(=O)c2ccc3nc(C)cn3c2)cc1. The van der Waals surface area contributed by atoms with Gasteiger partial charge < -0.3 is 9.72 Å². The lowest BCUT2D eigenvalue weighted by Crippen LogP contribution is -2.12. The van der Waals surface area contributed by atoms with Gasteiger partial charge in [-0.3, -0.25) is 9.59 Å². The zero-order valence-corrected chi connectivity index (χ0v) is 12.3. The molecule has 0 saturated carbocycles. The standard InChI is InChI=1S/C17H15N3O2/c1-11-9-20-10-14(5-8-16(20)18-11)17(22)19-15-6-3-13(4-7-15)12(2)21/h3-10H,1-2H3,(H,19,22). The Morgan fingerprint density at radius 3 is 2.36 bits per heavy atom. The number of fused-ring (bicyclic) bond motifs is 1. The van der Waals surface area contributed by atoms with Crippen LogP contribution in [-0.2, 0) is 0 Å². The van der Waals surface area contributed by atoms with Crippen molar-refractivity contribution in [1.82, 2.24) is 9.38 Å². The molecule has 0 saturated heterocycles. The van der Waals surface area contributed by atoms with E-state index in [4.69, 9.17) is 0 Å². The van der Waals surface area contributed by atoms with Crippen molar-refractivity contribution >= 4 is 23.0 Å². The summed E-state index contributed by atoms with van der Waals surface area (Å²) in [7, 11) is 0. The smallest absolute Gasteiger partial charge is 0.257 e. The summed E-state index contributed by atoms with van der Waals surface area (Å²) in [5, 5.41) is 2.81. The predicted molar refractivity (Wildman–Crippen MR) is 84.3 cm³/mol. The molecule has 0 radical (unpaired) electrons. The van der Waals surface area contributed by atoms with Crippen LogP contribution in [0.1, 0.15) is 33.3 Å². The van der Waals surface area contributed by atoms with Gasteiger partial charge in [-0.25, -0.2) is 4.98 Å². The van der Waals surface area contributed by atoms with Crippen LogP contribution in [0.2, 0.25) is 0 Å². The summed E-state index contributed by atoms with van der Waals surface area (Å²) in [5.41, 5.74) is 3.52. The normalized spacial score (nSPS) is 10.6. The van der Waals surface area contributed by atoms with Crippen LogP contribution in [0.5, 0.6) is 0 Å². The molecular weight excluding hydrogens is 278 g/mol. The lowest BCUT2D eigenvalue weighted by atomic mass is 10.1. The molecule has 0 aliphatic heterocycles. The number of pyridine rings is 1. The van der Waals surface area contributed by atoms with E-state index in [-0.39, 0.29) is 11.7 Å². The van der Waals surface area contributed by atoms with Crippen LogP contribution in [0, 0.1) is 6.92 Å². The monoisotopic (exact) mass is 293 g/mol. The first-order valence-electron chi connectivity index (χ1n) is 6.90. The van der Waals surface area contributed by atoms with Crippen molar-refractivity contribution in [2.45, 2.75) is 13.8 Å². The summed E-state index contributed by atoms with van der Waals surface area (Å²) in [4.78, 5) is 27.8. The number of ketones is 1. The Bertz CT molecular complexity index is 863. The third kappa shape index (κ3) is 2.74. The summed E-state index contributed by atoms with van der Waals surface area (Å²) in [6.07, 6.45) is 3.61. The van der Waals surface area contributed by atoms with Crippen molar-refractivity contribution in [2.24, 2.45) is 0 Å². The van der Waals surface area contributed by atoms with Gasteiger partial charge in [0.05, 0.1) is 11.3 Å². The Labute approximate surface area is 127 Å². The van der Waals surface area contributed by atoms with E-state index in [0.29, 0.717) is 16.8 Å². The molecule has 2 heterocycles. The maximum atomic E-state index is 12.3. The number of carbonyl (C=O) groups excluding carboxylic acids is 2. The number of benzene rings is 1. The largest absolute Gasteiger partial charge is 0.322 e. The highest BCUT2D eigenvalue weighted by Gasteiger charge is 2.08. The van der Waals surface area contributed by atoms with Crippen molar-refractivity contribution < 1.29 is 9.59 Å². The Balaban J connectivity index is 1.81. The quantitative estimate of drug-likeness (QED) is 0.755. The molecule has 3 aromatic rings. The van der Waals surface area contributed by atoms with E-state index in [1.54, 1.807) is 42.6 Å². The molecule has 0 atom stereocenters. The van der Waals surface area contributed by atoms with Gasteiger partial charge >= 0.3 is 0 Å². The van der Waals surface area contributed by atoms with Gasteiger partial charge in [0.15, 0.2) is 5.78 Å². The number of amides is 1. The highest BCUT2D eigenvalue weighted by atomic mass is 16.1. The molecule has 5 heteroatoms. The number of aryl methyl sites for hydroxylation is 1. The van der Waals surface area contributed by atoms with Gasteiger partial charge in [-0.1, -0.05) is 0 Å². The minimum atomic E-state index is -0.205. The number of Topliss-reactive ketones (excluding diaryl/α,β-unsaturated/α-hetero) is 1. The third-order valence-corrected chi connectivity index (χ3v) is 3.38. The van der Waals surface area contributed by atoms with Crippen LogP contribution in [0.25, 0.3) is 5.65 Å². The number of nitrogens with zero attached hydrogens (tertiary/aromatic N) is 2. The Hall–Kier alpha value is -2.95. The fraction of sp³-hybridized carbons (Fsp3) is 0.118. The minimum absolute atomic E-state index is 0.00111. The number of carbonyl (C=O) groups is 2. The Morgan fingerprint density at radius 1 is 1.00 bits per heavy atom. The number of hydrogen-bond donors (Lipinski definition) is 1. The zero-order chi connectivity index (χ0) is 15.7. The van der Waals surface area contributed by atoms with Gasteiger partial charge in [0.25, 0.3) is 5.91 Å². The molecule has 0 aliphatic rings. The molecule has 2 aromatic heterocycles. The summed E-state index contributed by atoms with van der Waals surface area (Å²) >= 11 is 0. The van der Waals surface area contributed by atoms with Gasteiger partial charge in [-0.2, -0.15) is 0 Å². The number of nitrogens with one attached hydrogen (secondary N) is 1. The number of anilines is 1. The first kappa shape index (κ1) is 14.0. The average molecular weight is 293 g/mol. The second kappa shape index (κ2) is 5.44. The number of rotatable bonds is 3. The molecule has 3 rings (SSSR count). The molecule has 1 amide bonds. The number of imidazole rings is 1. The van der Waals surface area contributed by atoms with Crippen LogP contribution < -0.4 is 5.32 Å². The average Bonchev–Trinajstić information content (AvgIpc) is 2.86. The molecular formula is C17H15N3O2. The predicted octanol–water partition coefficient (Wildman–Crippen LogP) is 3.10. The topological polar surface area (TPSA) is 63.5 Å². The summed E-state index contributed by atoms with van der Waals surface area (Å²) in [5.74, 6) is -0.206. The van der Waals surface area contributed by atoms with Crippen molar-refractivity contribution in [3.63, 3.8) is 0 Å². The second-order valence-electron chi connectivity index (χ2n) is 5.15. The first-order chi connectivity index (χ1) is 10.5. The highest BCUT2D eigenvalue weighted by molar-refractivity contribution is 6.04. The Kier molecular flexibility index (Phi) is 3.47.